The predicted octanol–water partition coefficient (Wildman–Crippen LogP) is 2.75. The van der Waals surface area contributed by atoms with Crippen molar-refractivity contribution >= 4 is 29.3 Å². The average molecular weight is 417 g/mol. The molecular formula is C21H21ClN2O5. The van der Waals surface area contributed by atoms with Crippen molar-refractivity contribution < 1.29 is 24.2 Å². The third kappa shape index (κ3) is 4.41. The van der Waals surface area contributed by atoms with Gasteiger partial charge in [0.2, 0.25) is 0 Å². The van der Waals surface area contributed by atoms with Crippen molar-refractivity contribution in [2.24, 2.45) is 0 Å². The van der Waals surface area contributed by atoms with Gasteiger partial charge in [0.15, 0.2) is 5.78 Å². The van der Waals surface area contributed by atoms with E-state index in [1.165, 1.54) is 6.92 Å². The van der Waals surface area contributed by atoms with Gasteiger partial charge >= 0.3 is 6.03 Å². The number of halogens is 1. The number of hydrogen-bond acceptors (Lipinski definition) is 5. The Labute approximate surface area is 173 Å². The molecule has 1 aliphatic rings. The fourth-order valence-electron chi connectivity index (χ4n) is 3.08. The minimum atomic E-state index is -1.23. The van der Waals surface area contributed by atoms with Crippen molar-refractivity contribution in [2.75, 3.05) is 13.2 Å². The van der Waals surface area contributed by atoms with Crippen LogP contribution in [0.5, 0.6) is 5.75 Å². The van der Waals surface area contributed by atoms with Gasteiger partial charge in [-0.05, 0) is 55.8 Å². The highest BCUT2D eigenvalue weighted by molar-refractivity contribution is 6.30. The van der Waals surface area contributed by atoms with Crippen LogP contribution in [-0.2, 0) is 10.3 Å². The van der Waals surface area contributed by atoms with Gasteiger partial charge < -0.3 is 15.2 Å². The molecule has 0 spiro atoms. The molecule has 0 bridgehead atoms. The Hall–Kier alpha value is -2.90. The zero-order valence-corrected chi connectivity index (χ0v) is 16.8. The number of ketones is 1. The van der Waals surface area contributed by atoms with Crippen molar-refractivity contribution in [3.8, 4) is 5.75 Å². The number of aliphatic hydroxyl groups excluding tert-OH is 1. The first-order valence-electron chi connectivity index (χ1n) is 9.03. The molecule has 0 aliphatic carbocycles. The molecule has 0 aromatic heterocycles. The van der Waals surface area contributed by atoms with E-state index in [1.54, 1.807) is 55.5 Å². The molecule has 1 heterocycles. The van der Waals surface area contributed by atoms with Crippen molar-refractivity contribution in [1.29, 1.82) is 0 Å². The van der Waals surface area contributed by atoms with Gasteiger partial charge in [-0.1, -0.05) is 23.7 Å². The Morgan fingerprint density at radius 3 is 2.38 bits per heavy atom. The fraction of sp³-hybridized carbons (Fsp3) is 0.286. The molecule has 0 unspecified atom stereocenters. The lowest BCUT2D eigenvalue weighted by Crippen LogP contribution is -2.42. The number of ether oxygens (including phenoxy) is 1. The first-order valence-corrected chi connectivity index (χ1v) is 9.40. The van der Waals surface area contributed by atoms with Crippen LogP contribution >= 0.6 is 11.6 Å². The zero-order valence-electron chi connectivity index (χ0n) is 16.0. The molecule has 3 amide bonds. The number of carbonyl (C=O) groups is 3. The maximum atomic E-state index is 12.9. The monoisotopic (exact) mass is 416 g/mol. The number of amides is 3. The second kappa shape index (κ2) is 8.23. The standard InChI is InChI=1S/C21H21ClN2O5/c1-13(25)14-3-9-18(10-4-14)29-12-17(26)11-24-19(27)21(2,23-20(24)28)15-5-7-16(22)8-6-15/h3-10,17,26H,11-12H2,1-2H3,(H,23,28)/t17-,21+/m1/s1. The number of benzene rings is 2. The summed E-state index contributed by atoms with van der Waals surface area (Å²) in [6.07, 6.45) is -1.08. The first kappa shape index (κ1) is 20.8. The lowest BCUT2D eigenvalue weighted by molar-refractivity contribution is -0.132. The Morgan fingerprint density at radius 2 is 1.79 bits per heavy atom. The molecule has 29 heavy (non-hydrogen) atoms. The molecule has 3 rings (SSSR count). The number of nitrogens with zero attached hydrogens (tertiary/aromatic N) is 1. The molecule has 2 N–H and O–H groups in total. The van der Waals surface area contributed by atoms with Crippen LogP contribution < -0.4 is 10.1 Å². The van der Waals surface area contributed by atoms with Gasteiger partial charge in [0, 0.05) is 10.6 Å². The molecule has 0 radical (unpaired) electrons. The second-order valence-corrected chi connectivity index (χ2v) is 7.46. The highest BCUT2D eigenvalue weighted by atomic mass is 35.5. The third-order valence-electron chi connectivity index (χ3n) is 4.79. The van der Waals surface area contributed by atoms with Crippen LogP contribution in [0.25, 0.3) is 0 Å². The highest BCUT2D eigenvalue weighted by Gasteiger charge is 2.49. The van der Waals surface area contributed by atoms with Gasteiger partial charge in [0.05, 0.1) is 6.54 Å². The van der Waals surface area contributed by atoms with Crippen LogP contribution in [0.2, 0.25) is 5.02 Å². The molecule has 152 valence electrons. The number of aliphatic hydroxyl groups is 1. The number of nitrogens with one attached hydrogen (secondary N) is 1. The lowest BCUT2D eigenvalue weighted by atomic mass is 9.92. The molecule has 1 fully saturated rings. The summed E-state index contributed by atoms with van der Waals surface area (Å²) in [5, 5.41) is 13.5. The lowest BCUT2D eigenvalue weighted by Gasteiger charge is -2.23. The summed E-state index contributed by atoms with van der Waals surface area (Å²) in [4.78, 5) is 37.5. The van der Waals surface area contributed by atoms with E-state index in [-0.39, 0.29) is 18.9 Å². The van der Waals surface area contributed by atoms with E-state index in [1.807, 2.05) is 0 Å². The Balaban J connectivity index is 1.62. The SMILES string of the molecule is CC(=O)c1ccc(OC[C@H](O)CN2C(=O)N[C@@](C)(c3ccc(Cl)cc3)C2=O)cc1. The van der Waals surface area contributed by atoms with Crippen LogP contribution in [0.3, 0.4) is 0 Å². The third-order valence-corrected chi connectivity index (χ3v) is 5.05. The molecule has 1 aliphatic heterocycles. The van der Waals surface area contributed by atoms with Crippen molar-refractivity contribution in [3.05, 3.63) is 64.7 Å². The van der Waals surface area contributed by atoms with Crippen molar-refractivity contribution in [1.82, 2.24) is 10.2 Å². The summed E-state index contributed by atoms with van der Waals surface area (Å²) in [7, 11) is 0. The molecule has 0 saturated carbocycles. The van der Waals surface area contributed by atoms with E-state index in [2.05, 4.69) is 5.32 Å². The van der Waals surface area contributed by atoms with Crippen molar-refractivity contribution in [2.45, 2.75) is 25.5 Å². The van der Waals surface area contributed by atoms with Crippen LogP contribution in [0, 0.1) is 0 Å². The number of β-amino-alcohol motifs (C(OH)–C–C–N with tert-alkyl or cyclic N) is 1. The van der Waals surface area contributed by atoms with Crippen LogP contribution in [0.4, 0.5) is 4.79 Å². The predicted molar refractivity (Wildman–Crippen MR) is 107 cm³/mol. The maximum absolute atomic E-state index is 12.9. The molecule has 2 aromatic rings. The first-order chi connectivity index (χ1) is 13.7. The average Bonchev–Trinajstić information content (AvgIpc) is 2.91. The summed E-state index contributed by atoms with van der Waals surface area (Å²) in [6, 6.07) is 12.5. The topological polar surface area (TPSA) is 95.9 Å². The Kier molecular flexibility index (Phi) is 5.91. The Bertz CT molecular complexity index is 929. The minimum absolute atomic E-state index is 0.0566. The molecule has 2 aromatic carbocycles. The summed E-state index contributed by atoms with van der Waals surface area (Å²) >= 11 is 5.89. The summed E-state index contributed by atoms with van der Waals surface area (Å²) in [5.74, 6) is -0.0502. The molecule has 7 nitrogen and oxygen atoms in total. The number of Topliss-reactive ketones (excluding diaryl/α,β-unsaturated/α-hetero) is 1. The number of rotatable bonds is 7. The minimum Gasteiger partial charge on any atom is -0.491 e. The smallest absolute Gasteiger partial charge is 0.325 e. The summed E-state index contributed by atoms with van der Waals surface area (Å²) in [6.45, 7) is 2.75. The quantitative estimate of drug-likeness (QED) is 0.534. The maximum Gasteiger partial charge on any atom is 0.325 e. The largest absolute Gasteiger partial charge is 0.491 e. The summed E-state index contributed by atoms with van der Waals surface area (Å²) in [5.41, 5.74) is -0.0807. The van der Waals surface area contributed by atoms with Crippen LogP contribution in [-0.4, -0.2) is 47.0 Å². The summed E-state index contributed by atoms with van der Waals surface area (Å²) < 4.78 is 5.49. The van der Waals surface area contributed by atoms with E-state index >= 15 is 0 Å². The number of imide groups is 1. The highest BCUT2D eigenvalue weighted by Crippen LogP contribution is 2.29. The molecule has 8 heteroatoms. The zero-order chi connectivity index (χ0) is 21.2. The van der Waals surface area contributed by atoms with Gasteiger partial charge in [-0.15, -0.1) is 0 Å². The van der Waals surface area contributed by atoms with E-state index in [4.69, 9.17) is 16.3 Å². The molecular weight excluding hydrogens is 396 g/mol. The van der Waals surface area contributed by atoms with Gasteiger partial charge in [-0.2, -0.15) is 0 Å². The van der Waals surface area contributed by atoms with E-state index in [0.29, 0.717) is 21.9 Å². The Morgan fingerprint density at radius 1 is 1.17 bits per heavy atom. The van der Waals surface area contributed by atoms with Crippen LogP contribution in [0.15, 0.2) is 48.5 Å². The van der Waals surface area contributed by atoms with Crippen LogP contribution in [0.1, 0.15) is 29.8 Å². The van der Waals surface area contributed by atoms with Gasteiger partial charge in [0.1, 0.15) is 24.0 Å². The second-order valence-electron chi connectivity index (χ2n) is 7.02. The number of hydrogen-bond donors (Lipinski definition) is 2. The van der Waals surface area contributed by atoms with Gasteiger partial charge in [-0.3, -0.25) is 14.5 Å². The van der Waals surface area contributed by atoms with E-state index in [0.717, 1.165) is 4.90 Å². The fourth-order valence-corrected chi connectivity index (χ4v) is 3.21. The van der Waals surface area contributed by atoms with E-state index in [9.17, 15) is 19.5 Å². The van der Waals surface area contributed by atoms with Gasteiger partial charge in [-0.25, -0.2) is 4.79 Å². The van der Waals surface area contributed by atoms with E-state index < -0.39 is 23.6 Å². The number of carbonyl (C=O) groups excluding carboxylic acids is 3. The molecule has 1 saturated heterocycles. The van der Waals surface area contributed by atoms with Crippen molar-refractivity contribution in [3.63, 3.8) is 0 Å². The number of urea groups is 1. The normalized spacial score (nSPS) is 19.8. The van der Waals surface area contributed by atoms with Gasteiger partial charge in [0.25, 0.3) is 5.91 Å². The molecule has 2 atom stereocenters.